The van der Waals surface area contributed by atoms with Crippen molar-refractivity contribution < 1.29 is 19.2 Å². The van der Waals surface area contributed by atoms with Crippen LogP contribution in [-0.2, 0) is 15.1 Å². The van der Waals surface area contributed by atoms with E-state index < -0.39 is 17.5 Å². The van der Waals surface area contributed by atoms with E-state index in [4.69, 9.17) is 14.4 Å². The summed E-state index contributed by atoms with van der Waals surface area (Å²) >= 11 is 0. The van der Waals surface area contributed by atoms with Gasteiger partial charge in [0.05, 0.1) is 5.92 Å². The van der Waals surface area contributed by atoms with Gasteiger partial charge in [-0.2, -0.15) is 4.98 Å². The van der Waals surface area contributed by atoms with Crippen LogP contribution in [0.1, 0.15) is 64.1 Å². The third-order valence-corrected chi connectivity index (χ3v) is 4.72. The molecule has 1 aromatic heterocycles. The molecule has 0 amide bonds. The van der Waals surface area contributed by atoms with E-state index in [0.717, 1.165) is 19.3 Å². The van der Waals surface area contributed by atoms with Gasteiger partial charge in [0.2, 0.25) is 11.7 Å². The Kier molecular flexibility index (Phi) is 4.66. The SMILES string of the molecule is COC1(c2noc(C(C)C(C)C(=O)O)n2)CCCC(C)C1. The Morgan fingerprint density at radius 1 is 1.52 bits per heavy atom. The van der Waals surface area contributed by atoms with Crippen molar-refractivity contribution >= 4 is 5.97 Å². The topological polar surface area (TPSA) is 85.5 Å². The quantitative estimate of drug-likeness (QED) is 0.899. The van der Waals surface area contributed by atoms with Gasteiger partial charge in [-0.25, -0.2) is 0 Å². The molecule has 1 saturated carbocycles. The van der Waals surface area contributed by atoms with E-state index in [1.54, 1.807) is 21.0 Å². The Hall–Kier alpha value is -1.43. The molecule has 0 spiro atoms. The van der Waals surface area contributed by atoms with Crippen LogP contribution in [0.5, 0.6) is 0 Å². The van der Waals surface area contributed by atoms with Crippen LogP contribution in [0.25, 0.3) is 0 Å². The first-order chi connectivity index (χ1) is 9.89. The molecule has 1 heterocycles. The van der Waals surface area contributed by atoms with E-state index in [-0.39, 0.29) is 5.92 Å². The fourth-order valence-electron chi connectivity index (χ4n) is 3.02. The fourth-order valence-corrected chi connectivity index (χ4v) is 3.02. The zero-order valence-electron chi connectivity index (χ0n) is 13.1. The van der Waals surface area contributed by atoms with E-state index >= 15 is 0 Å². The van der Waals surface area contributed by atoms with Crippen LogP contribution >= 0.6 is 0 Å². The lowest BCUT2D eigenvalue weighted by molar-refractivity contribution is -0.141. The zero-order valence-corrected chi connectivity index (χ0v) is 13.1. The van der Waals surface area contributed by atoms with Gasteiger partial charge in [0.15, 0.2) is 0 Å². The molecule has 21 heavy (non-hydrogen) atoms. The summed E-state index contributed by atoms with van der Waals surface area (Å²) in [5.74, 6) is -0.280. The predicted octanol–water partition coefficient (Wildman–Crippen LogP) is 2.95. The van der Waals surface area contributed by atoms with Crippen LogP contribution in [0, 0.1) is 11.8 Å². The molecule has 1 aromatic rings. The molecule has 1 N–H and O–H groups in total. The minimum atomic E-state index is -0.866. The molecular formula is C15H24N2O4. The van der Waals surface area contributed by atoms with Gasteiger partial charge >= 0.3 is 5.97 Å². The maximum atomic E-state index is 11.1. The van der Waals surface area contributed by atoms with Gasteiger partial charge in [0, 0.05) is 13.0 Å². The van der Waals surface area contributed by atoms with Crippen LogP contribution in [0.4, 0.5) is 0 Å². The monoisotopic (exact) mass is 296 g/mol. The molecule has 1 aliphatic carbocycles. The van der Waals surface area contributed by atoms with E-state index in [2.05, 4.69) is 17.1 Å². The third-order valence-electron chi connectivity index (χ3n) is 4.72. The Balaban J connectivity index is 2.23. The number of carbonyl (C=O) groups is 1. The summed E-state index contributed by atoms with van der Waals surface area (Å²) in [7, 11) is 1.68. The molecule has 4 unspecified atom stereocenters. The molecule has 6 heteroatoms. The Bertz CT molecular complexity index is 502. The first kappa shape index (κ1) is 15.9. The molecule has 0 saturated heterocycles. The number of hydrogen-bond acceptors (Lipinski definition) is 5. The van der Waals surface area contributed by atoms with Crippen molar-refractivity contribution in [2.45, 2.75) is 58.0 Å². The minimum absolute atomic E-state index is 0.321. The van der Waals surface area contributed by atoms with E-state index in [0.29, 0.717) is 17.6 Å². The minimum Gasteiger partial charge on any atom is -0.481 e. The number of methoxy groups -OCH3 is 1. The zero-order chi connectivity index (χ0) is 15.6. The number of carboxylic acids is 1. The lowest BCUT2D eigenvalue weighted by Gasteiger charge is -2.36. The van der Waals surface area contributed by atoms with Gasteiger partial charge in [-0.1, -0.05) is 32.3 Å². The van der Waals surface area contributed by atoms with Crippen LogP contribution in [-0.4, -0.2) is 28.3 Å². The average Bonchev–Trinajstić information content (AvgIpc) is 2.95. The largest absolute Gasteiger partial charge is 0.481 e. The lowest BCUT2D eigenvalue weighted by atomic mass is 9.78. The maximum absolute atomic E-state index is 11.1. The number of aromatic nitrogens is 2. The van der Waals surface area contributed by atoms with E-state index in [1.807, 2.05) is 0 Å². The summed E-state index contributed by atoms with van der Waals surface area (Å²) in [4.78, 5) is 15.5. The highest BCUT2D eigenvalue weighted by Crippen LogP contribution is 2.41. The van der Waals surface area contributed by atoms with Crippen LogP contribution in [0.15, 0.2) is 4.52 Å². The first-order valence-corrected chi connectivity index (χ1v) is 7.51. The second-order valence-corrected chi connectivity index (χ2v) is 6.27. The van der Waals surface area contributed by atoms with Crippen molar-refractivity contribution in [3.05, 3.63) is 11.7 Å². The maximum Gasteiger partial charge on any atom is 0.307 e. The summed E-state index contributed by atoms with van der Waals surface area (Å²) in [6, 6.07) is 0. The van der Waals surface area contributed by atoms with Gasteiger partial charge in [-0.05, 0) is 25.2 Å². The fraction of sp³-hybridized carbons (Fsp3) is 0.800. The first-order valence-electron chi connectivity index (χ1n) is 7.51. The van der Waals surface area contributed by atoms with Gasteiger partial charge in [0.1, 0.15) is 5.60 Å². The highest BCUT2D eigenvalue weighted by atomic mass is 16.5. The highest BCUT2D eigenvalue weighted by Gasteiger charge is 2.41. The van der Waals surface area contributed by atoms with E-state index in [9.17, 15) is 4.79 Å². The predicted molar refractivity (Wildman–Crippen MR) is 75.8 cm³/mol. The normalized spacial score (nSPS) is 29.0. The number of rotatable bonds is 5. The van der Waals surface area contributed by atoms with Crippen LogP contribution in [0.2, 0.25) is 0 Å². The summed E-state index contributed by atoms with van der Waals surface area (Å²) in [5, 5.41) is 13.2. The smallest absolute Gasteiger partial charge is 0.307 e. The van der Waals surface area contributed by atoms with Crippen molar-refractivity contribution in [2.75, 3.05) is 7.11 Å². The van der Waals surface area contributed by atoms with Gasteiger partial charge < -0.3 is 14.4 Å². The molecule has 118 valence electrons. The molecule has 0 aromatic carbocycles. The third kappa shape index (κ3) is 3.10. The Labute approximate surface area is 124 Å². The summed E-state index contributed by atoms with van der Waals surface area (Å²) in [6.45, 7) is 5.63. The molecule has 0 bridgehead atoms. The summed E-state index contributed by atoms with van der Waals surface area (Å²) in [6.07, 6.45) is 3.99. The highest BCUT2D eigenvalue weighted by molar-refractivity contribution is 5.70. The average molecular weight is 296 g/mol. The van der Waals surface area contributed by atoms with Crippen molar-refractivity contribution in [1.82, 2.24) is 10.1 Å². The summed E-state index contributed by atoms with van der Waals surface area (Å²) < 4.78 is 11.0. The molecule has 0 radical (unpaired) electrons. The number of hydrogen-bond donors (Lipinski definition) is 1. The molecule has 6 nitrogen and oxygen atoms in total. The van der Waals surface area contributed by atoms with Gasteiger partial charge in [-0.3, -0.25) is 4.79 Å². The molecule has 1 aliphatic rings. The number of carboxylic acid groups (broad SMARTS) is 1. The van der Waals surface area contributed by atoms with Crippen molar-refractivity contribution in [3.63, 3.8) is 0 Å². The summed E-state index contributed by atoms with van der Waals surface area (Å²) in [5.41, 5.74) is -0.494. The number of aliphatic carboxylic acids is 1. The van der Waals surface area contributed by atoms with Crippen molar-refractivity contribution in [1.29, 1.82) is 0 Å². The van der Waals surface area contributed by atoms with Gasteiger partial charge in [-0.15, -0.1) is 0 Å². The molecule has 1 fully saturated rings. The lowest BCUT2D eigenvalue weighted by Crippen LogP contribution is -2.35. The number of ether oxygens (including phenoxy) is 1. The van der Waals surface area contributed by atoms with Crippen molar-refractivity contribution in [2.24, 2.45) is 11.8 Å². The molecule has 2 rings (SSSR count). The van der Waals surface area contributed by atoms with Crippen molar-refractivity contribution in [3.8, 4) is 0 Å². The van der Waals surface area contributed by atoms with E-state index in [1.165, 1.54) is 6.42 Å². The molecule has 4 atom stereocenters. The Morgan fingerprint density at radius 3 is 2.81 bits per heavy atom. The Morgan fingerprint density at radius 2 is 2.24 bits per heavy atom. The molecule has 0 aliphatic heterocycles. The standard InChI is InChI=1S/C15H24N2O4/c1-9-6-5-7-15(8-9,20-4)14-16-12(21-17-14)10(2)11(3)13(18)19/h9-11H,5-8H2,1-4H3,(H,18,19). The number of nitrogens with zero attached hydrogens (tertiary/aromatic N) is 2. The van der Waals surface area contributed by atoms with Crippen LogP contribution in [0.3, 0.4) is 0 Å². The second kappa shape index (κ2) is 6.13. The van der Waals surface area contributed by atoms with Gasteiger partial charge in [0.25, 0.3) is 0 Å². The second-order valence-electron chi connectivity index (χ2n) is 6.27. The molecular weight excluding hydrogens is 272 g/mol. The van der Waals surface area contributed by atoms with Crippen LogP contribution < -0.4 is 0 Å².